The lowest BCUT2D eigenvalue weighted by molar-refractivity contribution is 0.167. The van der Waals surface area contributed by atoms with Crippen LogP contribution in [0.25, 0.3) is 0 Å². The maximum atomic E-state index is 10.1. The molecule has 17 heavy (non-hydrogen) atoms. The van der Waals surface area contributed by atoms with Crippen molar-refractivity contribution in [2.75, 3.05) is 0 Å². The molecule has 2 rings (SSSR count). The highest BCUT2D eigenvalue weighted by Crippen LogP contribution is 2.21. The largest absolute Gasteiger partial charge is 0.388 e. The Morgan fingerprint density at radius 1 is 1.29 bits per heavy atom. The summed E-state index contributed by atoms with van der Waals surface area (Å²) in [5.41, 5.74) is 3.22. The van der Waals surface area contributed by atoms with Gasteiger partial charge in [0.2, 0.25) is 0 Å². The van der Waals surface area contributed by atoms with E-state index in [4.69, 9.17) is 0 Å². The van der Waals surface area contributed by atoms with E-state index in [1.54, 1.807) is 10.9 Å². The van der Waals surface area contributed by atoms with Gasteiger partial charge < -0.3 is 5.11 Å². The Bertz CT molecular complexity index is 476. The molecule has 2 aromatic rings. The first kappa shape index (κ1) is 11.9. The Hall–Kier alpha value is -1.61. The van der Waals surface area contributed by atoms with E-state index in [9.17, 15) is 5.11 Å². The van der Waals surface area contributed by atoms with Crippen molar-refractivity contribution in [3.05, 3.63) is 53.3 Å². The van der Waals surface area contributed by atoms with Crippen molar-refractivity contribution in [1.29, 1.82) is 0 Å². The van der Waals surface area contributed by atoms with Crippen LogP contribution in [0.4, 0.5) is 0 Å². The molecule has 0 radical (unpaired) electrons. The minimum Gasteiger partial charge on any atom is -0.388 e. The summed E-state index contributed by atoms with van der Waals surface area (Å²) in [6.07, 6.45) is 2.95. The van der Waals surface area contributed by atoms with Crippen LogP contribution in [0, 0.1) is 6.92 Å². The highest BCUT2D eigenvalue weighted by molar-refractivity contribution is 5.20. The molecular formula is C14H18N2O. The molecule has 0 amide bonds. The number of aliphatic hydroxyl groups is 1. The van der Waals surface area contributed by atoms with Gasteiger partial charge in [0, 0.05) is 18.3 Å². The average molecular weight is 230 g/mol. The lowest BCUT2D eigenvalue weighted by Crippen LogP contribution is -2.02. The van der Waals surface area contributed by atoms with Crippen LogP contribution in [-0.2, 0) is 13.5 Å². The summed E-state index contributed by atoms with van der Waals surface area (Å²) in [5, 5.41) is 14.3. The molecule has 0 aliphatic rings. The maximum absolute atomic E-state index is 10.1. The van der Waals surface area contributed by atoms with E-state index in [0.29, 0.717) is 0 Å². The van der Waals surface area contributed by atoms with Gasteiger partial charge in [0.05, 0.1) is 12.3 Å². The monoisotopic (exact) mass is 230 g/mol. The number of hydrogen-bond acceptors (Lipinski definition) is 2. The fourth-order valence-corrected chi connectivity index (χ4v) is 1.95. The number of aliphatic hydroxyl groups excluding tert-OH is 1. The maximum Gasteiger partial charge on any atom is 0.0826 e. The summed E-state index contributed by atoms with van der Waals surface area (Å²) in [6, 6.07) is 10.2. The van der Waals surface area contributed by atoms with Crippen molar-refractivity contribution in [2.45, 2.75) is 25.9 Å². The van der Waals surface area contributed by atoms with E-state index in [-0.39, 0.29) is 0 Å². The highest BCUT2D eigenvalue weighted by Gasteiger charge is 2.13. The molecule has 0 spiro atoms. The number of hydrogen-bond donors (Lipinski definition) is 1. The molecule has 0 fully saturated rings. The molecule has 0 aliphatic heterocycles. The summed E-state index contributed by atoms with van der Waals surface area (Å²) in [7, 11) is 1.89. The third-order valence-electron chi connectivity index (χ3n) is 3.18. The first-order valence-corrected chi connectivity index (χ1v) is 5.89. The molecule has 1 unspecified atom stereocenters. The first-order valence-electron chi connectivity index (χ1n) is 5.89. The van der Waals surface area contributed by atoms with Crippen LogP contribution < -0.4 is 0 Å². The zero-order valence-electron chi connectivity index (χ0n) is 10.3. The van der Waals surface area contributed by atoms with Gasteiger partial charge in [0.1, 0.15) is 0 Å². The Kier molecular flexibility index (Phi) is 3.59. The SMILES string of the molecule is Cc1c(C(O)CCc2ccccc2)cnn1C. The second kappa shape index (κ2) is 5.15. The van der Waals surface area contributed by atoms with Crippen LogP contribution in [0.3, 0.4) is 0 Å². The Morgan fingerprint density at radius 2 is 2.00 bits per heavy atom. The predicted octanol–water partition coefficient (Wildman–Crippen LogP) is 2.39. The van der Waals surface area contributed by atoms with Crippen LogP contribution in [0.2, 0.25) is 0 Å². The zero-order chi connectivity index (χ0) is 12.3. The van der Waals surface area contributed by atoms with Crippen LogP contribution in [0.1, 0.15) is 29.3 Å². The molecule has 1 atom stereocenters. The van der Waals surface area contributed by atoms with Crippen LogP contribution in [-0.4, -0.2) is 14.9 Å². The fourth-order valence-electron chi connectivity index (χ4n) is 1.95. The number of nitrogens with zero attached hydrogens (tertiary/aromatic N) is 2. The molecule has 90 valence electrons. The Morgan fingerprint density at radius 3 is 2.59 bits per heavy atom. The topological polar surface area (TPSA) is 38.1 Å². The number of benzene rings is 1. The quantitative estimate of drug-likeness (QED) is 0.875. The molecule has 0 saturated carbocycles. The zero-order valence-corrected chi connectivity index (χ0v) is 10.3. The minimum atomic E-state index is -0.427. The average Bonchev–Trinajstić information content (AvgIpc) is 2.69. The van der Waals surface area contributed by atoms with Gasteiger partial charge in [-0.3, -0.25) is 4.68 Å². The molecule has 0 bridgehead atoms. The van der Waals surface area contributed by atoms with E-state index in [1.165, 1.54) is 5.56 Å². The molecule has 3 nitrogen and oxygen atoms in total. The van der Waals surface area contributed by atoms with Crippen LogP contribution >= 0.6 is 0 Å². The second-order valence-electron chi connectivity index (χ2n) is 4.35. The van der Waals surface area contributed by atoms with E-state index in [0.717, 1.165) is 24.1 Å². The smallest absolute Gasteiger partial charge is 0.0826 e. The van der Waals surface area contributed by atoms with Gasteiger partial charge in [-0.15, -0.1) is 0 Å². The predicted molar refractivity (Wildman–Crippen MR) is 67.7 cm³/mol. The van der Waals surface area contributed by atoms with Gasteiger partial charge in [-0.05, 0) is 25.3 Å². The van der Waals surface area contributed by atoms with Crippen molar-refractivity contribution < 1.29 is 5.11 Å². The molecule has 0 saturated heterocycles. The van der Waals surface area contributed by atoms with Gasteiger partial charge in [-0.25, -0.2) is 0 Å². The Labute approximate surface area is 102 Å². The number of aromatic nitrogens is 2. The number of rotatable bonds is 4. The normalized spacial score (nSPS) is 12.6. The molecular weight excluding hydrogens is 212 g/mol. The van der Waals surface area contributed by atoms with Gasteiger partial charge in [-0.1, -0.05) is 30.3 Å². The van der Waals surface area contributed by atoms with Crippen molar-refractivity contribution in [1.82, 2.24) is 9.78 Å². The van der Waals surface area contributed by atoms with Crippen LogP contribution in [0.15, 0.2) is 36.5 Å². The van der Waals surface area contributed by atoms with Crippen molar-refractivity contribution in [3.63, 3.8) is 0 Å². The van der Waals surface area contributed by atoms with Crippen LogP contribution in [0.5, 0.6) is 0 Å². The molecule has 0 aliphatic carbocycles. The molecule has 1 aromatic heterocycles. The van der Waals surface area contributed by atoms with Gasteiger partial charge in [0.25, 0.3) is 0 Å². The van der Waals surface area contributed by atoms with Crippen molar-refractivity contribution in [3.8, 4) is 0 Å². The van der Waals surface area contributed by atoms with Gasteiger partial charge >= 0.3 is 0 Å². The summed E-state index contributed by atoms with van der Waals surface area (Å²) < 4.78 is 1.79. The molecule has 1 heterocycles. The second-order valence-corrected chi connectivity index (χ2v) is 4.35. The minimum absolute atomic E-state index is 0.427. The summed E-state index contributed by atoms with van der Waals surface area (Å²) in [6.45, 7) is 1.98. The lowest BCUT2D eigenvalue weighted by Gasteiger charge is -2.10. The van der Waals surface area contributed by atoms with E-state index < -0.39 is 6.10 Å². The van der Waals surface area contributed by atoms with Crippen molar-refractivity contribution >= 4 is 0 Å². The standard InChI is InChI=1S/C14H18N2O/c1-11-13(10-15-16(11)2)14(17)9-8-12-6-4-3-5-7-12/h3-7,10,14,17H,8-9H2,1-2H3. The van der Waals surface area contributed by atoms with E-state index in [1.807, 2.05) is 32.2 Å². The summed E-state index contributed by atoms with van der Waals surface area (Å²) >= 11 is 0. The Balaban J connectivity index is 1.98. The van der Waals surface area contributed by atoms with Gasteiger partial charge in [-0.2, -0.15) is 5.10 Å². The summed E-state index contributed by atoms with van der Waals surface area (Å²) in [4.78, 5) is 0. The fraction of sp³-hybridized carbons (Fsp3) is 0.357. The third kappa shape index (κ3) is 2.74. The first-order chi connectivity index (χ1) is 8.18. The van der Waals surface area contributed by atoms with Gasteiger partial charge in [0.15, 0.2) is 0 Å². The van der Waals surface area contributed by atoms with E-state index >= 15 is 0 Å². The number of aryl methyl sites for hydroxylation is 2. The highest BCUT2D eigenvalue weighted by atomic mass is 16.3. The van der Waals surface area contributed by atoms with E-state index in [2.05, 4.69) is 17.2 Å². The summed E-state index contributed by atoms with van der Waals surface area (Å²) in [5.74, 6) is 0. The molecule has 1 N–H and O–H groups in total. The molecule has 1 aromatic carbocycles. The lowest BCUT2D eigenvalue weighted by atomic mass is 10.0. The van der Waals surface area contributed by atoms with Crippen molar-refractivity contribution in [2.24, 2.45) is 7.05 Å². The molecule has 3 heteroatoms. The third-order valence-corrected chi connectivity index (χ3v) is 3.18.